The molecular formula is C14H33NOSi2. The maximum atomic E-state index is 12.2. The zero-order chi connectivity index (χ0) is 14.4. The Hall–Kier alpha value is -0.0962. The predicted molar refractivity (Wildman–Crippen MR) is 87.3 cm³/mol. The highest BCUT2D eigenvalue weighted by Crippen LogP contribution is 2.44. The van der Waals surface area contributed by atoms with Crippen molar-refractivity contribution in [2.24, 2.45) is 5.73 Å². The SMILES string of the molecule is CC[Si](CC)(CC)C(C(N)=O)[Si](CC)(CC)CC. The number of rotatable bonds is 9. The average Bonchev–Trinajstić information content (AvgIpc) is 2.40. The third kappa shape index (κ3) is 3.07. The van der Waals surface area contributed by atoms with Crippen molar-refractivity contribution < 1.29 is 4.79 Å². The van der Waals surface area contributed by atoms with Gasteiger partial charge in [-0.15, -0.1) is 0 Å². The van der Waals surface area contributed by atoms with Gasteiger partial charge < -0.3 is 5.73 Å². The summed E-state index contributed by atoms with van der Waals surface area (Å²) in [6.07, 6.45) is 0. The number of primary amides is 1. The molecule has 0 fully saturated rings. The molecule has 1 amide bonds. The second kappa shape index (κ2) is 7.48. The molecular weight excluding hydrogens is 254 g/mol. The lowest BCUT2D eigenvalue weighted by Crippen LogP contribution is -2.57. The quantitative estimate of drug-likeness (QED) is 0.628. The number of hydrogen-bond donors (Lipinski definition) is 1. The molecule has 0 aliphatic rings. The van der Waals surface area contributed by atoms with Crippen LogP contribution in [0.2, 0.25) is 41.4 Å². The Bertz CT molecular complexity index is 224. The molecule has 2 nitrogen and oxygen atoms in total. The van der Waals surface area contributed by atoms with Gasteiger partial charge in [-0.1, -0.05) is 77.8 Å². The number of nitrogens with two attached hydrogens (primary N) is 1. The van der Waals surface area contributed by atoms with E-state index < -0.39 is 16.1 Å². The highest BCUT2D eigenvalue weighted by atomic mass is 28.4. The summed E-state index contributed by atoms with van der Waals surface area (Å²) < 4.78 is 0. The summed E-state index contributed by atoms with van der Waals surface area (Å²) in [4.78, 5) is 12.2. The molecule has 0 atom stereocenters. The molecule has 0 aromatic carbocycles. The average molecular weight is 288 g/mol. The molecule has 0 aromatic heterocycles. The molecule has 0 saturated carbocycles. The summed E-state index contributed by atoms with van der Waals surface area (Å²) in [6, 6.07) is 7.26. The van der Waals surface area contributed by atoms with E-state index in [9.17, 15) is 4.79 Å². The molecule has 0 heterocycles. The second-order valence-electron chi connectivity index (χ2n) is 5.68. The smallest absolute Gasteiger partial charge is 0.215 e. The summed E-state index contributed by atoms with van der Waals surface area (Å²) in [7, 11) is -3.04. The van der Waals surface area contributed by atoms with Crippen LogP contribution in [0.4, 0.5) is 0 Å². The van der Waals surface area contributed by atoms with Crippen LogP contribution in [-0.2, 0) is 4.79 Å². The maximum absolute atomic E-state index is 12.2. The summed E-state index contributed by atoms with van der Waals surface area (Å²) in [5.74, 6) is 0.0319. The van der Waals surface area contributed by atoms with Gasteiger partial charge in [0.05, 0.1) is 16.1 Å². The van der Waals surface area contributed by atoms with E-state index in [1.165, 1.54) is 36.3 Å². The topological polar surface area (TPSA) is 43.1 Å². The van der Waals surface area contributed by atoms with Crippen molar-refractivity contribution in [2.45, 2.75) is 83.0 Å². The third-order valence-corrected chi connectivity index (χ3v) is 20.9. The van der Waals surface area contributed by atoms with Crippen LogP contribution in [0.15, 0.2) is 0 Å². The molecule has 0 radical (unpaired) electrons. The normalized spacial score (nSPS) is 13.1. The second-order valence-corrected chi connectivity index (χ2v) is 17.1. The van der Waals surface area contributed by atoms with Crippen LogP contribution in [0, 0.1) is 0 Å². The van der Waals surface area contributed by atoms with Crippen LogP contribution >= 0.6 is 0 Å². The minimum absolute atomic E-state index is 0.0319. The maximum Gasteiger partial charge on any atom is 0.215 e. The number of hydrogen-bond acceptors (Lipinski definition) is 1. The van der Waals surface area contributed by atoms with E-state index in [1.54, 1.807) is 0 Å². The van der Waals surface area contributed by atoms with Crippen molar-refractivity contribution in [2.75, 3.05) is 0 Å². The van der Waals surface area contributed by atoms with Crippen molar-refractivity contribution in [1.29, 1.82) is 0 Å². The standard InChI is InChI=1S/C14H33NOSi2/c1-7-17(8-2,9-3)14(13(15)16)18(10-4,11-5)12-6/h14H,7-12H2,1-6H3,(H2,15,16). The van der Waals surface area contributed by atoms with Gasteiger partial charge >= 0.3 is 0 Å². The van der Waals surface area contributed by atoms with Gasteiger partial charge in [0.1, 0.15) is 0 Å². The van der Waals surface area contributed by atoms with Crippen molar-refractivity contribution in [3.8, 4) is 0 Å². The Balaban J connectivity index is 5.73. The highest BCUT2D eigenvalue weighted by Gasteiger charge is 2.51. The van der Waals surface area contributed by atoms with Crippen molar-refractivity contribution in [3.05, 3.63) is 0 Å². The fourth-order valence-electron chi connectivity index (χ4n) is 3.98. The highest BCUT2D eigenvalue weighted by molar-refractivity contribution is 7.02. The number of carbonyl (C=O) groups excluding carboxylic acids is 1. The lowest BCUT2D eigenvalue weighted by Gasteiger charge is -2.46. The first kappa shape index (κ1) is 17.9. The number of carbonyl (C=O) groups is 1. The molecule has 108 valence electrons. The van der Waals surface area contributed by atoms with Gasteiger partial charge in [0.2, 0.25) is 5.91 Å². The molecule has 0 aliphatic heterocycles. The van der Waals surface area contributed by atoms with Crippen LogP contribution < -0.4 is 5.73 Å². The molecule has 0 aliphatic carbocycles. The summed E-state index contributed by atoms with van der Waals surface area (Å²) in [5, 5.41) is 0.282. The number of amides is 1. The molecule has 2 N–H and O–H groups in total. The van der Waals surface area contributed by atoms with Gasteiger partial charge in [0.25, 0.3) is 0 Å². The summed E-state index contributed by atoms with van der Waals surface area (Å²) in [6.45, 7) is 13.7. The Labute approximate surface area is 116 Å². The van der Waals surface area contributed by atoms with E-state index in [0.717, 1.165) is 0 Å². The van der Waals surface area contributed by atoms with Gasteiger partial charge in [0.15, 0.2) is 0 Å². The van der Waals surface area contributed by atoms with Gasteiger partial charge in [-0.2, -0.15) is 0 Å². The predicted octanol–water partition coefficient (Wildman–Crippen LogP) is 4.40. The van der Waals surface area contributed by atoms with Gasteiger partial charge in [-0.25, -0.2) is 0 Å². The molecule has 0 unspecified atom stereocenters. The lowest BCUT2D eigenvalue weighted by molar-refractivity contribution is -0.116. The van der Waals surface area contributed by atoms with E-state index in [2.05, 4.69) is 41.5 Å². The molecule has 0 aromatic rings. The molecule has 0 saturated heterocycles. The Morgan fingerprint density at radius 2 is 1.00 bits per heavy atom. The van der Waals surface area contributed by atoms with Gasteiger partial charge in [0, 0.05) is 5.16 Å². The van der Waals surface area contributed by atoms with Crippen molar-refractivity contribution in [1.82, 2.24) is 0 Å². The van der Waals surface area contributed by atoms with Crippen molar-refractivity contribution >= 4 is 22.1 Å². The fraction of sp³-hybridized carbons (Fsp3) is 0.929. The molecule has 0 spiro atoms. The van der Waals surface area contributed by atoms with Gasteiger partial charge in [-0.05, 0) is 0 Å². The molecule has 4 heteroatoms. The largest absolute Gasteiger partial charge is 0.370 e. The first-order chi connectivity index (χ1) is 8.43. The zero-order valence-corrected chi connectivity index (χ0v) is 15.3. The summed E-state index contributed by atoms with van der Waals surface area (Å²) in [5.41, 5.74) is 5.89. The molecule has 0 rings (SSSR count). The Kier molecular flexibility index (Phi) is 7.44. The van der Waals surface area contributed by atoms with E-state index >= 15 is 0 Å². The van der Waals surface area contributed by atoms with E-state index in [1.807, 2.05) is 0 Å². The zero-order valence-electron chi connectivity index (χ0n) is 13.3. The summed E-state index contributed by atoms with van der Waals surface area (Å²) >= 11 is 0. The fourth-order valence-corrected chi connectivity index (χ4v) is 19.5. The van der Waals surface area contributed by atoms with E-state index in [0.29, 0.717) is 0 Å². The van der Waals surface area contributed by atoms with Gasteiger partial charge in [-0.3, -0.25) is 4.79 Å². The van der Waals surface area contributed by atoms with Crippen LogP contribution in [0.5, 0.6) is 0 Å². The van der Waals surface area contributed by atoms with Crippen LogP contribution in [0.1, 0.15) is 41.5 Å². The molecule has 0 bridgehead atoms. The van der Waals surface area contributed by atoms with E-state index in [4.69, 9.17) is 5.73 Å². The van der Waals surface area contributed by atoms with Crippen molar-refractivity contribution in [3.63, 3.8) is 0 Å². The lowest BCUT2D eigenvalue weighted by atomic mass is 10.7. The minimum atomic E-state index is -1.52. The van der Waals surface area contributed by atoms with Crippen LogP contribution in [0.3, 0.4) is 0 Å². The third-order valence-electron chi connectivity index (χ3n) is 5.73. The first-order valence-electron chi connectivity index (χ1n) is 7.72. The van der Waals surface area contributed by atoms with E-state index in [-0.39, 0.29) is 11.1 Å². The minimum Gasteiger partial charge on any atom is -0.370 e. The van der Waals surface area contributed by atoms with Crippen LogP contribution in [-0.4, -0.2) is 22.1 Å². The monoisotopic (exact) mass is 287 g/mol. The Morgan fingerprint density at radius 3 is 1.11 bits per heavy atom. The first-order valence-corrected chi connectivity index (χ1v) is 13.1. The van der Waals surface area contributed by atoms with Crippen LogP contribution in [0.25, 0.3) is 0 Å². The molecule has 18 heavy (non-hydrogen) atoms. The Morgan fingerprint density at radius 1 is 0.778 bits per heavy atom.